The topological polar surface area (TPSA) is 127 Å². The molecule has 4 rings (SSSR count). The van der Waals surface area contributed by atoms with Gasteiger partial charge in [-0.2, -0.15) is 8.42 Å². The van der Waals surface area contributed by atoms with Crippen molar-refractivity contribution in [2.24, 2.45) is 10.2 Å². The van der Waals surface area contributed by atoms with Gasteiger partial charge in [0.1, 0.15) is 28.6 Å². The van der Waals surface area contributed by atoms with Crippen LogP contribution in [0, 0.1) is 0 Å². The fraction of sp³-hybridized carbons (Fsp3) is 0.0455. The molecule has 0 aliphatic rings. The third kappa shape index (κ3) is 5.32. The predicted molar refractivity (Wildman–Crippen MR) is 125 cm³/mol. The number of fused-ring (bicyclic) bond motifs is 1. The third-order valence-corrected chi connectivity index (χ3v) is 5.43. The molecule has 10 heteroatoms. The molecule has 0 fully saturated rings. The molecule has 0 saturated carbocycles. The van der Waals surface area contributed by atoms with Crippen molar-refractivity contribution in [3.8, 4) is 5.75 Å². The Morgan fingerprint density at radius 1 is 0.906 bits per heavy atom. The number of hydrogen-bond acceptors (Lipinski definition) is 7. The summed E-state index contributed by atoms with van der Waals surface area (Å²) >= 11 is 0. The summed E-state index contributed by atoms with van der Waals surface area (Å²) in [6.07, 6.45) is 1.68. The van der Waals surface area contributed by atoms with Crippen LogP contribution in [0.25, 0.3) is 10.8 Å². The van der Waals surface area contributed by atoms with Crippen molar-refractivity contribution in [1.29, 1.82) is 0 Å². The maximum absolute atomic E-state index is 11.9. The van der Waals surface area contributed by atoms with Crippen LogP contribution in [-0.2, 0) is 16.7 Å². The molecule has 8 nitrogen and oxygen atoms in total. The van der Waals surface area contributed by atoms with Gasteiger partial charge in [-0.05, 0) is 30.3 Å². The van der Waals surface area contributed by atoms with Gasteiger partial charge >= 0.3 is 29.6 Å². The van der Waals surface area contributed by atoms with E-state index >= 15 is 0 Å². The Bertz CT molecular complexity index is 1380. The molecule has 32 heavy (non-hydrogen) atoms. The average molecular weight is 458 g/mol. The van der Waals surface area contributed by atoms with E-state index in [1.54, 1.807) is 54.7 Å². The van der Waals surface area contributed by atoms with Crippen molar-refractivity contribution < 1.29 is 17.7 Å². The Morgan fingerprint density at radius 2 is 1.56 bits per heavy atom. The van der Waals surface area contributed by atoms with E-state index in [4.69, 9.17) is 10.5 Å². The number of rotatable bonds is 6. The van der Waals surface area contributed by atoms with E-state index in [0.29, 0.717) is 22.2 Å². The first kappa shape index (κ1) is 23.8. The number of aromatic nitrogens is 1. The van der Waals surface area contributed by atoms with Gasteiger partial charge in [0.15, 0.2) is 0 Å². The number of pyridine rings is 1. The van der Waals surface area contributed by atoms with Gasteiger partial charge in [0.25, 0.3) is 10.1 Å². The molecule has 158 valence electrons. The second-order valence-electron chi connectivity index (χ2n) is 6.61. The summed E-state index contributed by atoms with van der Waals surface area (Å²) in [5, 5.41) is 9.10. The first-order chi connectivity index (χ1) is 14.9. The SMILES string of the molecule is Nc1c(N=Nc2ccccc2OCc2ccccn2)cc(S(=O)(=O)O)c2ccccc12.[NaH]. The minimum absolute atomic E-state index is 0. The zero-order chi connectivity index (χ0) is 21.8. The van der Waals surface area contributed by atoms with Gasteiger partial charge in [0.2, 0.25) is 0 Å². The van der Waals surface area contributed by atoms with Gasteiger partial charge in [-0.25, -0.2) is 0 Å². The summed E-state index contributed by atoms with van der Waals surface area (Å²) in [7, 11) is -4.49. The molecule has 0 atom stereocenters. The standard InChI is InChI=1S/C22H18N4O4S.Na.H/c23-22-17-9-2-1-8-16(17)21(31(27,28)29)13-19(22)26-25-18-10-3-4-11-20(18)30-14-15-7-5-6-12-24-15;;/h1-13H,14,23H2,(H,27,28,29);;. The molecule has 3 N–H and O–H groups in total. The zero-order valence-corrected chi connectivity index (χ0v) is 17.0. The number of para-hydroxylation sites is 1. The molecule has 0 bridgehead atoms. The Labute approximate surface area is 207 Å². The van der Waals surface area contributed by atoms with E-state index in [0.717, 1.165) is 5.69 Å². The van der Waals surface area contributed by atoms with E-state index in [1.807, 2.05) is 18.2 Å². The van der Waals surface area contributed by atoms with Crippen LogP contribution in [0.2, 0.25) is 0 Å². The van der Waals surface area contributed by atoms with Crippen molar-refractivity contribution in [1.82, 2.24) is 4.98 Å². The number of azo groups is 1. The van der Waals surface area contributed by atoms with E-state index < -0.39 is 10.1 Å². The fourth-order valence-electron chi connectivity index (χ4n) is 3.05. The molecule has 3 aromatic carbocycles. The predicted octanol–water partition coefficient (Wildman–Crippen LogP) is 4.41. The van der Waals surface area contributed by atoms with Crippen molar-refractivity contribution in [2.75, 3.05) is 5.73 Å². The van der Waals surface area contributed by atoms with Crippen LogP contribution in [0.5, 0.6) is 5.75 Å². The number of hydrogen-bond donors (Lipinski definition) is 2. The fourth-order valence-corrected chi connectivity index (χ4v) is 3.77. The molecule has 0 radical (unpaired) electrons. The van der Waals surface area contributed by atoms with E-state index in [-0.39, 0.29) is 52.4 Å². The number of benzene rings is 3. The van der Waals surface area contributed by atoms with Crippen LogP contribution in [0.15, 0.2) is 94.1 Å². The van der Waals surface area contributed by atoms with Gasteiger partial charge in [0.05, 0.1) is 11.4 Å². The van der Waals surface area contributed by atoms with Gasteiger partial charge in [-0.15, -0.1) is 10.2 Å². The molecule has 4 aromatic rings. The number of anilines is 1. The van der Waals surface area contributed by atoms with Crippen molar-refractivity contribution >= 4 is 67.5 Å². The molecule has 1 aromatic heterocycles. The van der Waals surface area contributed by atoms with Gasteiger partial charge in [-0.1, -0.05) is 42.5 Å². The number of ether oxygens (including phenoxy) is 1. The van der Waals surface area contributed by atoms with Gasteiger partial charge in [0, 0.05) is 17.0 Å². The van der Waals surface area contributed by atoms with Crippen LogP contribution in [0.3, 0.4) is 0 Å². The summed E-state index contributed by atoms with van der Waals surface area (Å²) in [5.41, 5.74) is 7.75. The quantitative estimate of drug-likeness (QED) is 0.191. The molecular formula is C22H19N4NaO4S. The maximum atomic E-state index is 11.9. The van der Waals surface area contributed by atoms with Gasteiger partial charge in [-0.3, -0.25) is 9.54 Å². The first-order valence-electron chi connectivity index (χ1n) is 9.25. The Kier molecular flexibility index (Phi) is 7.60. The summed E-state index contributed by atoms with van der Waals surface area (Å²) in [6, 6.07) is 20.4. The molecule has 0 spiro atoms. The van der Waals surface area contributed by atoms with Crippen LogP contribution in [0.1, 0.15) is 5.69 Å². The molecule has 0 aliphatic heterocycles. The van der Waals surface area contributed by atoms with Crippen LogP contribution < -0.4 is 10.5 Å². The van der Waals surface area contributed by atoms with Crippen LogP contribution >= 0.6 is 0 Å². The molecule has 0 amide bonds. The summed E-state index contributed by atoms with van der Waals surface area (Å²) in [4.78, 5) is 3.93. The van der Waals surface area contributed by atoms with Gasteiger partial charge < -0.3 is 10.5 Å². The van der Waals surface area contributed by atoms with Crippen LogP contribution in [-0.4, -0.2) is 47.5 Å². The van der Waals surface area contributed by atoms with Crippen LogP contribution in [0.4, 0.5) is 17.1 Å². The summed E-state index contributed by atoms with van der Waals surface area (Å²) in [6.45, 7) is 0.248. The summed E-state index contributed by atoms with van der Waals surface area (Å²) in [5.74, 6) is 0.478. The molecular weight excluding hydrogens is 439 g/mol. The second-order valence-corrected chi connectivity index (χ2v) is 8.00. The Hall–Kier alpha value is -2.82. The average Bonchev–Trinajstić information content (AvgIpc) is 2.78. The van der Waals surface area contributed by atoms with E-state index in [2.05, 4.69) is 15.2 Å². The first-order valence-corrected chi connectivity index (χ1v) is 10.7. The zero-order valence-electron chi connectivity index (χ0n) is 16.2. The normalized spacial score (nSPS) is 11.4. The van der Waals surface area contributed by atoms with E-state index in [1.165, 1.54) is 6.07 Å². The number of nitrogen functional groups attached to an aromatic ring is 1. The van der Waals surface area contributed by atoms with Crippen molar-refractivity contribution in [3.63, 3.8) is 0 Å². The number of nitrogens with two attached hydrogens (primary N) is 1. The monoisotopic (exact) mass is 458 g/mol. The molecule has 0 aliphatic carbocycles. The minimum atomic E-state index is -4.49. The Morgan fingerprint density at radius 3 is 2.28 bits per heavy atom. The Balaban J connectivity index is 0.00000289. The molecule has 0 unspecified atom stereocenters. The van der Waals surface area contributed by atoms with Crippen molar-refractivity contribution in [3.05, 3.63) is 84.7 Å². The third-order valence-electron chi connectivity index (χ3n) is 4.54. The van der Waals surface area contributed by atoms with E-state index in [9.17, 15) is 13.0 Å². The van der Waals surface area contributed by atoms with Crippen molar-refractivity contribution in [2.45, 2.75) is 11.5 Å². The summed E-state index contributed by atoms with van der Waals surface area (Å²) < 4.78 is 39.2. The molecule has 1 heterocycles. The number of nitrogens with zero attached hydrogens (tertiary/aromatic N) is 3. The second kappa shape index (κ2) is 10.2. The molecule has 0 saturated heterocycles.